The molecule has 1 aliphatic heterocycles. The molecule has 0 saturated heterocycles. The topological polar surface area (TPSA) is 79.4 Å². The summed E-state index contributed by atoms with van der Waals surface area (Å²) in [5.41, 5.74) is 3.29. The van der Waals surface area contributed by atoms with Crippen LogP contribution < -0.4 is 10.2 Å². The molecule has 4 rings (SSSR count). The standard InChI is InChI=1S/C23H25N3O3S/c1-15(2)23(27)25-20-13-22(24-19-9-8-16(3)12-18(19)20)26-10-11-30(28,29)21-7-5-4-6-17(21)14-26/h4-9,12-13,15H,10-11,14H2,1-3H3,(H,24,25,27). The number of pyridine rings is 1. The molecular formula is C23H25N3O3S. The van der Waals surface area contributed by atoms with Crippen molar-refractivity contribution < 1.29 is 13.2 Å². The summed E-state index contributed by atoms with van der Waals surface area (Å²) in [5, 5.41) is 3.89. The first-order valence-electron chi connectivity index (χ1n) is 10.0. The third kappa shape index (κ3) is 3.89. The van der Waals surface area contributed by atoms with Gasteiger partial charge >= 0.3 is 0 Å². The fourth-order valence-corrected chi connectivity index (χ4v) is 5.13. The van der Waals surface area contributed by atoms with Gasteiger partial charge in [0.15, 0.2) is 9.84 Å². The van der Waals surface area contributed by atoms with E-state index in [2.05, 4.69) is 5.32 Å². The number of benzene rings is 2. The predicted octanol–water partition coefficient (Wildman–Crippen LogP) is 3.93. The van der Waals surface area contributed by atoms with Gasteiger partial charge in [-0.2, -0.15) is 0 Å². The minimum atomic E-state index is -3.35. The maximum atomic E-state index is 12.7. The molecule has 2 heterocycles. The van der Waals surface area contributed by atoms with Crippen molar-refractivity contribution in [2.45, 2.75) is 32.2 Å². The lowest BCUT2D eigenvalue weighted by Crippen LogP contribution is -2.27. The number of carbonyl (C=O) groups excluding carboxylic acids is 1. The Hall–Kier alpha value is -2.93. The largest absolute Gasteiger partial charge is 0.351 e. The van der Waals surface area contributed by atoms with E-state index in [0.717, 1.165) is 22.0 Å². The van der Waals surface area contributed by atoms with Crippen LogP contribution in [-0.2, 0) is 21.2 Å². The summed E-state index contributed by atoms with van der Waals surface area (Å²) in [4.78, 5) is 19.6. The third-order valence-corrected chi connectivity index (χ3v) is 7.14. The summed E-state index contributed by atoms with van der Waals surface area (Å²) in [6.07, 6.45) is 0. The number of anilines is 2. The Kier molecular flexibility index (Phi) is 5.24. The van der Waals surface area contributed by atoms with Gasteiger partial charge in [0.1, 0.15) is 5.82 Å². The van der Waals surface area contributed by atoms with E-state index in [-0.39, 0.29) is 17.6 Å². The van der Waals surface area contributed by atoms with E-state index >= 15 is 0 Å². The number of sulfone groups is 1. The molecule has 1 aliphatic rings. The lowest BCUT2D eigenvalue weighted by atomic mass is 10.1. The highest BCUT2D eigenvalue weighted by molar-refractivity contribution is 7.91. The Morgan fingerprint density at radius 1 is 1.13 bits per heavy atom. The van der Waals surface area contributed by atoms with Crippen LogP contribution in [0, 0.1) is 12.8 Å². The van der Waals surface area contributed by atoms with E-state index in [1.807, 2.05) is 62.1 Å². The molecule has 30 heavy (non-hydrogen) atoms. The molecule has 0 bridgehead atoms. The van der Waals surface area contributed by atoms with Crippen LogP contribution in [0.15, 0.2) is 53.4 Å². The quantitative estimate of drug-likeness (QED) is 0.690. The van der Waals surface area contributed by atoms with Gasteiger partial charge in [-0.15, -0.1) is 0 Å². The van der Waals surface area contributed by atoms with Gasteiger partial charge in [-0.25, -0.2) is 13.4 Å². The lowest BCUT2D eigenvalue weighted by molar-refractivity contribution is -0.118. The number of nitrogens with zero attached hydrogens (tertiary/aromatic N) is 2. The van der Waals surface area contributed by atoms with Crippen LogP contribution in [0.25, 0.3) is 10.9 Å². The summed E-state index contributed by atoms with van der Waals surface area (Å²) in [6, 6.07) is 14.9. The van der Waals surface area contributed by atoms with Gasteiger partial charge in [-0.05, 0) is 30.7 Å². The smallest absolute Gasteiger partial charge is 0.226 e. The average molecular weight is 424 g/mol. The monoisotopic (exact) mass is 423 g/mol. The second-order valence-electron chi connectivity index (χ2n) is 8.04. The Bertz CT molecular complexity index is 1240. The van der Waals surface area contributed by atoms with Crippen LogP contribution in [0.1, 0.15) is 25.0 Å². The van der Waals surface area contributed by atoms with Crippen LogP contribution in [0.5, 0.6) is 0 Å². The Balaban J connectivity index is 1.81. The first-order valence-corrected chi connectivity index (χ1v) is 11.7. The number of hydrogen-bond acceptors (Lipinski definition) is 5. The molecule has 1 N–H and O–H groups in total. The number of aromatic nitrogens is 1. The number of hydrogen-bond donors (Lipinski definition) is 1. The SMILES string of the molecule is Cc1ccc2nc(N3CCS(=O)(=O)c4ccccc4C3)cc(NC(=O)C(C)C)c2c1. The molecule has 0 fully saturated rings. The van der Waals surface area contributed by atoms with Gasteiger partial charge in [0.25, 0.3) is 0 Å². The Labute approximate surface area is 176 Å². The van der Waals surface area contributed by atoms with E-state index in [9.17, 15) is 13.2 Å². The highest BCUT2D eigenvalue weighted by Gasteiger charge is 2.26. The number of carbonyl (C=O) groups is 1. The van der Waals surface area contributed by atoms with Crippen LogP contribution in [0.2, 0.25) is 0 Å². The van der Waals surface area contributed by atoms with Gasteiger partial charge in [0.05, 0.1) is 21.9 Å². The van der Waals surface area contributed by atoms with Crippen molar-refractivity contribution in [3.63, 3.8) is 0 Å². The minimum absolute atomic E-state index is 0.0192. The molecule has 1 amide bonds. The fraction of sp³-hybridized carbons (Fsp3) is 0.304. The van der Waals surface area contributed by atoms with Crippen LogP contribution in [0.3, 0.4) is 0 Å². The zero-order valence-electron chi connectivity index (χ0n) is 17.3. The first kappa shape index (κ1) is 20.3. The fourth-order valence-electron chi connectivity index (χ4n) is 3.63. The van der Waals surface area contributed by atoms with Crippen LogP contribution in [0.4, 0.5) is 11.5 Å². The van der Waals surface area contributed by atoms with E-state index in [1.165, 1.54) is 0 Å². The zero-order valence-corrected chi connectivity index (χ0v) is 18.2. The van der Waals surface area contributed by atoms with E-state index in [1.54, 1.807) is 12.1 Å². The van der Waals surface area contributed by atoms with Gasteiger partial charge in [0, 0.05) is 30.5 Å². The van der Waals surface area contributed by atoms with Gasteiger partial charge < -0.3 is 10.2 Å². The highest BCUT2D eigenvalue weighted by Crippen LogP contribution is 2.31. The minimum Gasteiger partial charge on any atom is -0.351 e. The van der Waals surface area contributed by atoms with Crippen molar-refractivity contribution in [3.05, 3.63) is 59.7 Å². The van der Waals surface area contributed by atoms with Crippen molar-refractivity contribution in [2.75, 3.05) is 22.5 Å². The maximum absolute atomic E-state index is 12.7. The molecule has 2 aromatic carbocycles. The van der Waals surface area contributed by atoms with Gasteiger partial charge in [-0.1, -0.05) is 43.7 Å². The van der Waals surface area contributed by atoms with E-state index < -0.39 is 9.84 Å². The lowest BCUT2D eigenvalue weighted by Gasteiger charge is -2.23. The van der Waals surface area contributed by atoms with E-state index in [4.69, 9.17) is 4.98 Å². The third-order valence-electron chi connectivity index (χ3n) is 5.36. The molecule has 1 aromatic heterocycles. The van der Waals surface area contributed by atoms with Crippen molar-refractivity contribution in [2.24, 2.45) is 5.92 Å². The molecular weight excluding hydrogens is 398 g/mol. The van der Waals surface area contributed by atoms with Crippen LogP contribution in [-0.4, -0.2) is 31.6 Å². The highest BCUT2D eigenvalue weighted by atomic mass is 32.2. The molecule has 0 aliphatic carbocycles. The number of aryl methyl sites for hydroxylation is 1. The first-order chi connectivity index (χ1) is 14.2. The normalized spacial score (nSPS) is 15.7. The van der Waals surface area contributed by atoms with Crippen molar-refractivity contribution in [1.29, 1.82) is 0 Å². The van der Waals surface area contributed by atoms with Crippen molar-refractivity contribution >= 4 is 38.2 Å². The summed E-state index contributed by atoms with van der Waals surface area (Å²) >= 11 is 0. The second-order valence-corrected chi connectivity index (χ2v) is 10.1. The number of fused-ring (bicyclic) bond motifs is 2. The number of amides is 1. The van der Waals surface area contributed by atoms with Gasteiger partial charge in [-0.3, -0.25) is 4.79 Å². The number of rotatable bonds is 3. The number of nitrogens with one attached hydrogen (secondary N) is 1. The van der Waals surface area contributed by atoms with Crippen LogP contribution >= 0.6 is 0 Å². The molecule has 7 heteroatoms. The Morgan fingerprint density at radius 2 is 1.90 bits per heavy atom. The molecule has 156 valence electrons. The van der Waals surface area contributed by atoms with E-state index in [0.29, 0.717) is 29.5 Å². The molecule has 3 aromatic rings. The molecule has 6 nitrogen and oxygen atoms in total. The average Bonchev–Trinajstić information content (AvgIpc) is 2.84. The van der Waals surface area contributed by atoms with Crippen molar-refractivity contribution in [3.8, 4) is 0 Å². The van der Waals surface area contributed by atoms with Crippen molar-refractivity contribution in [1.82, 2.24) is 4.98 Å². The summed E-state index contributed by atoms with van der Waals surface area (Å²) in [7, 11) is -3.35. The zero-order chi connectivity index (χ0) is 21.5. The summed E-state index contributed by atoms with van der Waals surface area (Å²) in [5.74, 6) is 0.443. The predicted molar refractivity (Wildman–Crippen MR) is 119 cm³/mol. The molecule has 0 atom stereocenters. The summed E-state index contributed by atoms with van der Waals surface area (Å²) in [6.45, 7) is 6.47. The summed E-state index contributed by atoms with van der Waals surface area (Å²) < 4.78 is 25.4. The second kappa shape index (κ2) is 7.72. The molecule has 0 saturated carbocycles. The molecule has 0 radical (unpaired) electrons. The molecule has 0 unspecified atom stereocenters. The molecule has 0 spiro atoms. The maximum Gasteiger partial charge on any atom is 0.226 e. The Morgan fingerprint density at radius 3 is 2.67 bits per heavy atom. The van der Waals surface area contributed by atoms with Gasteiger partial charge in [0.2, 0.25) is 5.91 Å².